The first-order valence-electron chi connectivity index (χ1n) is 26.9. The van der Waals surface area contributed by atoms with Gasteiger partial charge in [-0.2, -0.15) is 4.98 Å². The Bertz CT molecular complexity index is 1430. The number of nitrogens with one attached hydrogen (secondary N) is 1. The lowest BCUT2D eigenvalue weighted by molar-refractivity contribution is 0.0162. The van der Waals surface area contributed by atoms with Crippen LogP contribution >= 0.6 is 15.2 Å². The van der Waals surface area contributed by atoms with E-state index >= 15 is 0 Å². The van der Waals surface area contributed by atoms with Crippen molar-refractivity contribution < 1.29 is 57.1 Å². The number of hydrogen-bond acceptors (Lipinski definition) is 13. The van der Waals surface area contributed by atoms with Gasteiger partial charge in [0, 0.05) is 39.2 Å². The molecule has 0 radical (unpaired) electrons. The van der Waals surface area contributed by atoms with Gasteiger partial charge in [0.2, 0.25) is 0 Å². The third-order valence-corrected chi connectivity index (χ3v) is 14.0. The van der Waals surface area contributed by atoms with Crippen LogP contribution < -0.4 is 11.0 Å². The zero-order chi connectivity index (χ0) is 49.7. The van der Waals surface area contributed by atoms with E-state index in [-0.39, 0.29) is 32.1 Å². The molecular weight excluding hydrogens is 913 g/mol. The fraction of sp³-hybridized carbons (Fsp3) is 0.920. The molecule has 0 spiro atoms. The van der Waals surface area contributed by atoms with Crippen LogP contribution in [0, 0.1) is 0 Å². The van der Waals surface area contributed by atoms with Gasteiger partial charge in [0.05, 0.1) is 45.2 Å². The van der Waals surface area contributed by atoms with Gasteiger partial charge in [-0.3, -0.25) is 13.7 Å². The van der Waals surface area contributed by atoms with Crippen molar-refractivity contribution in [2.75, 3.05) is 77.4 Å². The molecule has 0 aromatic carbocycles. The summed E-state index contributed by atoms with van der Waals surface area (Å²) in [6, 6.07) is 1.48. The molecule has 0 saturated carbocycles. The summed E-state index contributed by atoms with van der Waals surface area (Å²) in [6.07, 6.45) is 35.5. The van der Waals surface area contributed by atoms with Crippen molar-refractivity contribution in [2.45, 2.75) is 225 Å². The Kier molecular flexibility index (Phi) is 43.4. The quantitative estimate of drug-likeness (QED) is 0.0303. The molecule has 1 rings (SSSR count). The fourth-order valence-corrected chi connectivity index (χ4v) is 9.43. The summed E-state index contributed by atoms with van der Waals surface area (Å²) in [5.41, 5.74) is -0.687. The molecule has 1 aromatic heterocycles. The topological polar surface area (TPSA) is 217 Å². The maximum atomic E-state index is 12.7. The van der Waals surface area contributed by atoms with Crippen LogP contribution in [0.2, 0.25) is 0 Å². The van der Waals surface area contributed by atoms with Gasteiger partial charge in [-0.1, -0.05) is 181 Å². The van der Waals surface area contributed by atoms with Crippen LogP contribution in [-0.2, 0) is 43.7 Å². The van der Waals surface area contributed by atoms with Gasteiger partial charge in [0.15, 0.2) is 0 Å². The summed E-state index contributed by atoms with van der Waals surface area (Å²) < 4.78 is 58.7. The first-order chi connectivity index (χ1) is 33.1. The van der Waals surface area contributed by atoms with Crippen LogP contribution in [0.25, 0.3) is 0 Å². The van der Waals surface area contributed by atoms with Crippen molar-refractivity contribution in [3.8, 4) is 0 Å². The summed E-state index contributed by atoms with van der Waals surface area (Å²) in [6.45, 7) is 5.55. The Balaban J connectivity index is 2.14. The average Bonchev–Trinajstić information content (AvgIpc) is 3.32. The number of nitrogens with zero attached hydrogens (tertiary/aromatic N) is 2. The van der Waals surface area contributed by atoms with E-state index in [0.29, 0.717) is 39.3 Å². The number of rotatable bonds is 53. The van der Waals surface area contributed by atoms with E-state index in [0.717, 1.165) is 25.7 Å². The molecule has 4 atom stereocenters. The predicted octanol–water partition coefficient (Wildman–Crippen LogP) is 11.5. The lowest BCUT2D eigenvalue weighted by Gasteiger charge is -2.20. The summed E-state index contributed by atoms with van der Waals surface area (Å²) in [5.74, 6) is 0.157. The molecule has 2 unspecified atom stereocenters. The zero-order valence-electron chi connectivity index (χ0n) is 42.8. The number of unbranched alkanes of at least 4 members (excludes halogenated alkanes) is 26. The van der Waals surface area contributed by atoms with Crippen molar-refractivity contribution >= 4 is 21.0 Å². The van der Waals surface area contributed by atoms with E-state index in [2.05, 4.69) is 24.1 Å². The molecule has 402 valence electrons. The van der Waals surface area contributed by atoms with Crippen molar-refractivity contribution in [2.24, 2.45) is 0 Å². The highest BCUT2D eigenvalue weighted by atomic mass is 31.2. The first-order valence-corrected chi connectivity index (χ1v) is 30.4. The van der Waals surface area contributed by atoms with Crippen molar-refractivity contribution in [1.29, 1.82) is 0 Å². The van der Waals surface area contributed by atoms with Crippen molar-refractivity contribution in [1.82, 2.24) is 9.55 Å². The first kappa shape index (κ1) is 64.8. The lowest BCUT2D eigenvalue weighted by atomic mass is 10.0. The molecular formula is C50H99N3O13P2. The molecule has 0 amide bonds. The Morgan fingerprint density at radius 3 is 1.25 bits per heavy atom. The van der Waals surface area contributed by atoms with Gasteiger partial charge in [0.25, 0.3) is 0 Å². The molecule has 18 heteroatoms. The van der Waals surface area contributed by atoms with E-state index in [9.17, 15) is 33.9 Å². The van der Waals surface area contributed by atoms with E-state index < -0.39 is 59.0 Å². The van der Waals surface area contributed by atoms with Crippen molar-refractivity contribution in [3.63, 3.8) is 0 Å². The molecule has 0 bridgehead atoms. The largest absolute Gasteiger partial charge is 0.394 e. The number of ether oxygens (including phenoxy) is 4. The fourth-order valence-electron chi connectivity index (χ4n) is 7.65. The number of hydrogen-bond donors (Lipinski definition) is 5. The predicted molar refractivity (Wildman–Crippen MR) is 274 cm³/mol. The van der Waals surface area contributed by atoms with E-state index in [1.807, 2.05) is 0 Å². The molecule has 0 aliphatic rings. The number of aliphatic hydroxyl groups is 2. The molecule has 1 aromatic rings. The number of aromatic nitrogens is 2. The minimum Gasteiger partial charge on any atom is -0.394 e. The highest BCUT2D eigenvalue weighted by Gasteiger charge is 2.24. The Morgan fingerprint density at radius 2 is 0.882 bits per heavy atom. The molecule has 16 nitrogen and oxygen atoms in total. The van der Waals surface area contributed by atoms with Crippen LogP contribution in [0.4, 0.5) is 5.82 Å². The smallest absolute Gasteiger partial charge is 0.353 e. The average molecular weight is 1010 g/mol. The third kappa shape index (κ3) is 40.3. The van der Waals surface area contributed by atoms with Crippen LogP contribution in [0.3, 0.4) is 0 Å². The van der Waals surface area contributed by atoms with Gasteiger partial charge >= 0.3 is 20.9 Å². The minimum atomic E-state index is -4.12. The van der Waals surface area contributed by atoms with Crippen LogP contribution in [0.1, 0.15) is 206 Å². The van der Waals surface area contributed by atoms with Gasteiger partial charge in [-0.25, -0.2) is 4.79 Å². The van der Waals surface area contributed by atoms with Crippen LogP contribution in [0.15, 0.2) is 17.1 Å². The van der Waals surface area contributed by atoms with Crippen molar-refractivity contribution in [3.05, 3.63) is 22.7 Å². The summed E-state index contributed by atoms with van der Waals surface area (Å²) in [7, 11) is -8.20. The molecule has 0 aliphatic heterocycles. The summed E-state index contributed by atoms with van der Waals surface area (Å²) in [5, 5.41) is 22.5. The molecule has 5 N–H and O–H groups in total. The molecule has 0 aliphatic carbocycles. The van der Waals surface area contributed by atoms with Crippen LogP contribution in [0.5, 0.6) is 0 Å². The second-order valence-electron chi connectivity index (χ2n) is 18.4. The van der Waals surface area contributed by atoms with Gasteiger partial charge in [-0.05, 0) is 31.7 Å². The zero-order valence-corrected chi connectivity index (χ0v) is 44.5. The summed E-state index contributed by atoms with van der Waals surface area (Å²) >= 11 is 0. The van der Waals surface area contributed by atoms with Gasteiger partial charge in [0.1, 0.15) is 18.5 Å². The normalized spacial score (nSPS) is 14.5. The van der Waals surface area contributed by atoms with Gasteiger partial charge < -0.3 is 53.3 Å². The molecule has 68 heavy (non-hydrogen) atoms. The lowest BCUT2D eigenvalue weighted by Crippen LogP contribution is -2.33. The van der Waals surface area contributed by atoms with Crippen LogP contribution in [-0.4, -0.2) is 114 Å². The number of anilines is 1. The van der Waals surface area contributed by atoms with Gasteiger partial charge in [-0.15, -0.1) is 0 Å². The monoisotopic (exact) mass is 1010 g/mol. The summed E-state index contributed by atoms with van der Waals surface area (Å²) in [4.78, 5) is 37.1. The molecule has 1 heterocycles. The highest BCUT2D eigenvalue weighted by molar-refractivity contribution is 7.52. The second kappa shape index (κ2) is 45.6. The minimum absolute atomic E-state index is 0.0161. The van der Waals surface area contributed by atoms with E-state index in [1.165, 1.54) is 171 Å². The Labute approximate surface area is 411 Å². The SMILES string of the molecule is CCCCCCCCCCCCCCCCOCCCOP(=O)(O)CO[C@H](CO)CNc1ccn(C[C@@H](CO)OCP(=O)(O)OCCCOCCCCCCCCCCCCCCCC)c(=O)n1. The second-order valence-corrected chi connectivity index (χ2v) is 22.0. The van der Waals surface area contributed by atoms with E-state index in [1.54, 1.807) is 0 Å². The Morgan fingerprint density at radius 1 is 0.529 bits per heavy atom. The highest BCUT2D eigenvalue weighted by Crippen LogP contribution is 2.43. The maximum Gasteiger partial charge on any atom is 0.353 e. The third-order valence-electron chi connectivity index (χ3n) is 11.9. The maximum absolute atomic E-state index is 12.7. The number of aliphatic hydroxyl groups excluding tert-OH is 2. The molecule has 0 fully saturated rings. The molecule has 0 saturated heterocycles. The van der Waals surface area contributed by atoms with E-state index in [4.69, 9.17) is 28.0 Å². The Hall–Kier alpha value is -1.26. The standard InChI is InChI=1S/C50H99N3O13P2/c1-3-5-7-9-11-13-15-17-19-21-23-25-27-29-35-61-37-31-39-65-67(57,58)45-63-47(43-54)41-51-49-33-34-53(50(56)52-49)42-48(44-55)64-46-68(59,60)66-40-32-38-62-36-30-28-26-24-22-20-18-16-14-12-10-8-6-4-2/h33-34,47-48,54-55H,3-32,35-46H2,1-2H3,(H,57,58)(H,59,60)(H,51,52,56)/t47-,48-/m0/s1.